The van der Waals surface area contributed by atoms with Crippen molar-refractivity contribution in [3.05, 3.63) is 35.1 Å². The van der Waals surface area contributed by atoms with Gasteiger partial charge < -0.3 is 9.64 Å². The van der Waals surface area contributed by atoms with Crippen LogP contribution in [0.25, 0.3) is 0 Å². The topological polar surface area (TPSA) is 46.6 Å². The van der Waals surface area contributed by atoms with Crippen molar-refractivity contribution in [3.8, 4) is 0 Å². The summed E-state index contributed by atoms with van der Waals surface area (Å²) < 4.78 is 19.5. The highest BCUT2D eigenvalue weighted by Crippen LogP contribution is 2.49. The number of benzene rings is 1. The summed E-state index contributed by atoms with van der Waals surface area (Å²) >= 11 is 0. The number of hydrogen-bond donors (Lipinski definition) is 0. The molecule has 1 unspecified atom stereocenters. The van der Waals surface area contributed by atoms with Gasteiger partial charge in [-0.2, -0.15) is 0 Å². The third kappa shape index (κ3) is 3.16. The number of halogens is 1. The normalized spacial score (nSPS) is 23.9. The van der Waals surface area contributed by atoms with Gasteiger partial charge in [-0.1, -0.05) is 19.1 Å². The molecule has 1 aromatic rings. The molecule has 2 fully saturated rings. The van der Waals surface area contributed by atoms with E-state index in [1.165, 1.54) is 13.2 Å². The van der Waals surface area contributed by atoms with Crippen molar-refractivity contribution >= 4 is 11.9 Å². The number of rotatable bonds is 3. The van der Waals surface area contributed by atoms with E-state index in [1.54, 1.807) is 12.1 Å². The van der Waals surface area contributed by atoms with Gasteiger partial charge in [0.1, 0.15) is 5.82 Å². The van der Waals surface area contributed by atoms with Gasteiger partial charge in [-0.05, 0) is 51.2 Å². The Kier molecular flexibility index (Phi) is 4.38. The van der Waals surface area contributed by atoms with Gasteiger partial charge in [-0.25, -0.2) is 9.18 Å². The molecule has 0 aromatic heterocycles. The molecule has 136 valence electrons. The van der Waals surface area contributed by atoms with Crippen LogP contribution in [0.3, 0.4) is 0 Å². The highest BCUT2D eigenvalue weighted by molar-refractivity contribution is 5.90. The maximum absolute atomic E-state index is 14.9. The monoisotopic (exact) mass is 347 g/mol. The van der Waals surface area contributed by atoms with E-state index in [4.69, 9.17) is 0 Å². The largest absolute Gasteiger partial charge is 0.465 e. The van der Waals surface area contributed by atoms with Gasteiger partial charge in [-0.3, -0.25) is 4.79 Å². The molecule has 1 amide bonds. The van der Waals surface area contributed by atoms with Crippen molar-refractivity contribution in [1.82, 2.24) is 4.90 Å². The molecule has 0 radical (unpaired) electrons. The molecule has 1 atom stereocenters. The van der Waals surface area contributed by atoms with Crippen LogP contribution in [0.5, 0.6) is 0 Å². The number of likely N-dealkylation sites (tertiary alicyclic amines) is 1. The molecular formula is C20H26FNO3. The van der Waals surface area contributed by atoms with Crippen LogP contribution in [0.1, 0.15) is 68.3 Å². The second-order valence-corrected chi connectivity index (χ2v) is 8.22. The van der Waals surface area contributed by atoms with Crippen LogP contribution in [0.4, 0.5) is 4.39 Å². The standard InChI is InChI=1S/C20H26FNO3/c1-19(2)9-8-13(12-22(19)18(24)20(3)10-11-20)14-6-5-7-15(16(14)21)17(23)25-4/h5-7,13H,8-12H2,1-4H3. The fourth-order valence-electron chi connectivity index (χ4n) is 3.69. The summed E-state index contributed by atoms with van der Waals surface area (Å²) in [5.41, 5.74) is -0.0183. The van der Waals surface area contributed by atoms with Gasteiger partial charge >= 0.3 is 5.97 Å². The Morgan fingerprint density at radius 1 is 1.20 bits per heavy atom. The molecule has 2 aliphatic rings. The second-order valence-electron chi connectivity index (χ2n) is 8.22. The molecule has 1 aromatic carbocycles. The van der Waals surface area contributed by atoms with E-state index in [0.29, 0.717) is 12.1 Å². The van der Waals surface area contributed by atoms with Crippen molar-refractivity contribution in [2.75, 3.05) is 13.7 Å². The summed E-state index contributed by atoms with van der Waals surface area (Å²) in [5.74, 6) is -1.13. The molecule has 1 aliphatic heterocycles. The lowest BCUT2D eigenvalue weighted by molar-refractivity contribution is -0.144. The zero-order chi connectivity index (χ0) is 18.4. The zero-order valence-electron chi connectivity index (χ0n) is 15.4. The van der Waals surface area contributed by atoms with E-state index >= 15 is 0 Å². The quantitative estimate of drug-likeness (QED) is 0.779. The zero-order valence-corrected chi connectivity index (χ0v) is 15.4. The lowest BCUT2D eigenvalue weighted by atomic mass is 9.80. The van der Waals surface area contributed by atoms with Gasteiger partial charge in [0.05, 0.1) is 12.7 Å². The summed E-state index contributed by atoms with van der Waals surface area (Å²) in [7, 11) is 1.24. The number of nitrogens with zero attached hydrogens (tertiary/aromatic N) is 1. The average Bonchev–Trinajstić information content (AvgIpc) is 3.33. The lowest BCUT2D eigenvalue weighted by Gasteiger charge is -2.47. The first kappa shape index (κ1) is 17.9. The minimum absolute atomic E-state index is 0.0446. The molecule has 1 heterocycles. The van der Waals surface area contributed by atoms with Crippen molar-refractivity contribution in [3.63, 3.8) is 0 Å². The van der Waals surface area contributed by atoms with Gasteiger partial charge in [0.15, 0.2) is 0 Å². The molecular weight excluding hydrogens is 321 g/mol. The van der Waals surface area contributed by atoms with E-state index in [2.05, 4.69) is 18.6 Å². The first-order valence-corrected chi connectivity index (χ1v) is 8.88. The molecule has 1 aliphatic carbocycles. The van der Waals surface area contributed by atoms with Gasteiger partial charge in [0.2, 0.25) is 5.91 Å². The third-order valence-electron chi connectivity index (χ3n) is 5.87. The van der Waals surface area contributed by atoms with Crippen LogP contribution < -0.4 is 0 Å². The van der Waals surface area contributed by atoms with Crippen molar-refractivity contribution < 1.29 is 18.7 Å². The predicted molar refractivity (Wildman–Crippen MR) is 92.8 cm³/mol. The number of piperidine rings is 1. The van der Waals surface area contributed by atoms with E-state index in [-0.39, 0.29) is 28.3 Å². The van der Waals surface area contributed by atoms with Crippen LogP contribution >= 0.6 is 0 Å². The molecule has 4 nitrogen and oxygen atoms in total. The van der Waals surface area contributed by atoms with Crippen molar-refractivity contribution in [2.45, 2.75) is 57.9 Å². The molecule has 25 heavy (non-hydrogen) atoms. The number of carbonyl (C=O) groups is 2. The van der Waals surface area contributed by atoms with Gasteiger partial charge in [0.25, 0.3) is 0 Å². The first-order valence-electron chi connectivity index (χ1n) is 8.88. The predicted octanol–water partition coefficient (Wildman–Crippen LogP) is 3.90. The lowest BCUT2D eigenvalue weighted by Crippen LogP contribution is -2.54. The highest BCUT2D eigenvalue weighted by Gasteiger charge is 2.51. The second kappa shape index (κ2) is 6.11. The summed E-state index contributed by atoms with van der Waals surface area (Å²) in [6.45, 7) is 6.65. The minimum atomic E-state index is -0.672. The number of ether oxygens (including phenoxy) is 1. The SMILES string of the molecule is COC(=O)c1cccc(C2CCC(C)(C)N(C(=O)C3(C)CC3)C2)c1F. The number of methoxy groups -OCH3 is 1. The fourth-order valence-corrected chi connectivity index (χ4v) is 3.69. The smallest absolute Gasteiger partial charge is 0.340 e. The van der Waals surface area contributed by atoms with Crippen LogP contribution in [0.2, 0.25) is 0 Å². The minimum Gasteiger partial charge on any atom is -0.465 e. The van der Waals surface area contributed by atoms with E-state index in [9.17, 15) is 14.0 Å². The Balaban J connectivity index is 1.89. The summed E-state index contributed by atoms with van der Waals surface area (Å²) in [4.78, 5) is 26.6. The number of amides is 1. The van der Waals surface area contributed by atoms with Crippen LogP contribution in [-0.2, 0) is 9.53 Å². The maximum atomic E-state index is 14.9. The number of carbonyl (C=O) groups excluding carboxylic acids is 2. The Morgan fingerprint density at radius 2 is 1.88 bits per heavy atom. The van der Waals surface area contributed by atoms with Crippen LogP contribution in [0.15, 0.2) is 18.2 Å². The molecule has 5 heteroatoms. The van der Waals surface area contributed by atoms with Crippen LogP contribution in [0, 0.1) is 11.2 Å². The van der Waals surface area contributed by atoms with E-state index < -0.39 is 11.8 Å². The average molecular weight is 347 g/mol. The Labute approximate surface area is 148 Å². The van der Waals surface area contributed by atoms with E-state index in [0.717, 1.165) is 25.7 Å². The molecule has 0 spiro atoms. The van der Waals surface area contributed by atoms with Crippen molar-refractivity contribution in [1.29, 1.82) is 0 Å². The summed E-state index contributed by atoms with van der Waals surface area (Å²) in [6, 6.07) is 4.83. The van der Waals surface area contributed by atoms with Crippen LogP contribution in [-0.4, -0.2) is 36.0 Å². The van der Waals surface area contributed by atoms with E-state index in [1.807, 2.05) is 11.8 Å². The third-order valence-corrected chi connectivity index (χ3v) is 5.87. The molecule has 3 rings (SSSR count). The Bertz CT molecular complexity index is 709. The van der Waals surface area contributed by atoms with Gasteiger partial charge in [0, 0.05) is 23.4 Å². The van der Waals surface area contributed by atoms with Gasteiger partial charge in [-0.15, -0.1) is 0 Å². The Morgan fingerprint density at radius 3 is 2.48 bits per heavy atom. The fraction of sp³-hybridized carbons (Fsp3) is 0.600. The molecule has 1 saturated heterocycles. The van der Waals surface area contributed by atoms with Crippen molar-refractivity contribution in [2.24, 2.45) is 5.41 Å². The summed E-state index contributed by atoms with van der Waals surface area (Å²) in [5, 5.41) is 0. The molecule has 1 saturated carbocycles. The highest BCUT2D eigenvalue weighted by atomic mass is 19.1. The Hall–Kier alpha value is -1.91. The summed E-state index contributed by atoms with van der Waals surface area (Å²) in [6.07, 6.45) is 3.45. The number of hydrogen-bond acceptors (Lipinski definition) is 3. The molecule has 0 bridgehead atoms. The molecule has 0 N–H and O–H groups in total. The number of esters is 1. The first-order chi connectivity index (χ1) is 11.7. The maximum Gasteiger partial charge on any atom is 0.340 e.